The van der Waals surface area contributed by atoms with E-state index in [-0.39, 0.29) is 5.91 Å². The molecule has 0 aromatic carbocycles. The molecule has 4 nitrogen and oxygen atoms in total. The molecular weight excluding hydrogens is 236 g/mol. The molecule has 0 aliphatic carbocycles. The Morgan fingerprint density at radius 3 is 1.42 bits per heavy atom. The molecule has 4 fully saturated rings. The number of quaternary nitrogens is 4. The summed E-state index contributed by atoms with van der Waals surface area (Å²) in [7, 11) is 5.96. The Kier molecular flexibility index (Phi) is 1.77. The van der Waals surface area contributed by atoms with E-state index in [0.717, 1.165) is 31.0 Å². The highest BCUT2D eigenvalue weighted by atomic mass is 15.9. The molecule has 0 aromatic heterocycles. The Bertz CT molecular complexity index is 433. The second kappa shape index (κ2) is 3.19. The van der Waals surface area contributed by atoms with Crippen LogP contribution in [-0.4, -0.2) is 104 Å². The topological polar surface area (TPSA) is 0 Å². The van der Waals surface area contributed by atoms with E-state index in [0.29, 0.717) is 14.0 Å². The van der Waals surface area contributed by atoms with E-state index >= 15 is 0 Å². The maximum atomic E-state index is 8.46. The summed E-state index contributed by atoms with van der Waals surface area (Å²) in [4.78, 5) is 0. The lowest BCUT2D eigenvalue weighted by molar-refractivity contribution is -1.41. The molecule has 1 spiro atoms. The van der Waals surface area contributed by atoms with E-state index in [9.17, 15) is 0 Å². The Morgan fingerprint density at radius 1 is 0.632 bits per heavy atom. The standard InChI is InChI=1S/C15H32N4/c1-16-7-5-8-18(3)13-14-19(4)10-6-9-17(2,12-11-16)15(16,18)19/h5-14H2,1-4H3/q+4/t15?,16-,17?,18?,19?/m1/s1/i1T,4T/t15?,16?,17-,18?,19?. The lowest BCUT2D eigenvalue weighted by Gasteiger charge is -2.61. The van der Waals surface area contributed by atoms with Crippen LogP contribution >= 0.6 is 0 Å². The van der Waals surface area contributed by atoms with Crippen LogP contribution in [0.1, 0.15) is 15.6 Å². The Hall–Kier alpha value is -0.160. The Labute approximate surface area is 121 Å². The minimum atomic E-state index is 0.0556. The van der Waals surface area contributed by atoms with E-state index in [1.165, 1.54) is 52.1 Å². The Morgan fingerprint density at radius 2 is 1.00 bits per heavy atom. The molecule has 4 aliphatic rings. The summed E-state index contributed by atoms with van der Waals surface area (Å²) in [5.74, 6) is 0.0556. The van der Waals surface area contributed by atoms with Gasteiger partial charge >= 0.3 is 5.91 Å². The van der Waals surface area contributed by atoms with Crippen molar-refractivity contribution in [2.24, 2.45) is 0 Å². The molecule has 4 saturated heterocycles. The molecule has 4 unspecified atom stereocenters. The van der Waals surface area contributed by atoms with Gasteiger partial charge in [-0.15, -0.1) is 0 Å². The predicted molar refractivity (Wildman–Crippen MR) is 75.6 cm³/mol. The van der Waals surface area contributed by atoms with E-state index in [2.05, 4.69) is 14.1 Å². The molecule has 4 heterocycles. The van der Waals surface area contributed by atoms with Gasteiger partial charge in [0.25, 0.3) is 0 Å². The fourth-order valence-electron chi connectivity index (χ4n) is 7.00. The predicted octanol–water partition coefficient (Wildman–Crippen LogP) is 0.219. The van der Waals surface area contributed by atoms with Crippen molar-refractivity contribution >= 4 is 0 Å². The van der Waals surface area contributed by atoms with E-state index < -0.39 is 0 Å². The maximum Gasteiger partial charge on any atom is 0.479 e. The summed E-state index contributed by atoms with van der Waals surface area (Å²) < 4.78 is 21.1. The van der Waals surface area contributed by atoms with Crippen LogP contribution in [0.5, 0.6) is 0 Å². The lowest BCUT2D eigenvalue weighted by Crippen LogP contribution is -2.93. The van der Waals surface area contributed by atoms with Gasteiger partial charge in [-0.3, -0.25) is 0 Å². The molecule has 0 saturated carbocycles. The van der Waals surface area contributed by atoms with Crippen LogP contribution in [0.25, 0.3) is 0 Å². The SMILES string of the molecule is [3H]C[N+]12CCC[N@+]3(C)CC[N+]4(C[3H])CCC[N+](C)(CC1)C243. The highest BCUT2D eigenvalue weighted by Crippen LogP contribution is 2.57. The zero-order chi connectivity index (χ0) is 15.0. The average Bonchev–Trinajstić information content (AvgIpc) is 2.94. The van der Waals surface area contributed by atoms with Crippen LogP contribution in [0.15, 0.2) is 0 Å². The molecule has 0 radical (unpaired) electrons. The third-order valence-electron chi connectivity index (χ3n) is 7.24. The van der Waals surface area contributed by atoms with E-state index in [1.807, 2.05) is 0 Å². The van der Waals surface area contributed by atoms with Gasteiger partial charge in [-0.2, -0.15) is 17.9 Å². The van der Waals surface area contributed by atoms with Crippen molar-refractivity contribution < 1.29 is 20.7 Å². The summed E-state index contributed by atoms with van der Waals surface area (Å²) in [6, 6.07) is 0. The van der Waals surface area contributed by atoms with Crippen LogP contribution in [0, 0.1) is 0 Å². The fraction of sp³-hybridized carbons (Fsp3) is 1.00. The van der Waals surface area contributed by atoms with Crippen molar-refractivity contribution in [3.8, 4) is 0 Å². The smallest absolute Gasteiger partial charge is 0.165 e. The number of likely N-dealkylation sites (N-methyl/N-ethyl adjacent to an activating group) is 4. The highest BCUT2D eigenvalue weighted by Gasteiger charge is 2.91. The summed E-state index contributed by atoms with van der Waals surface area (Å²) in [5, 5.41) is 0. The first-order valence-corrected chi connectivity index (χ1v) is 7.95. The largest absolute Gasteiger partial charge is 0.479 e. The first kappa shape index (κ1) is 10.6. The molecule has 19 heavy (non-hydrogen) atoms. The van der Waals surface area contributed by atoms with Gasteiger partial charge in [0.2, 0.25) is 0 Å². The fourth-order valence-corrected chi connectivity index (χ4v) is 7.00. The van der Waals surface area contributed by atoms with Gasteiger partial charge in [-0.05, 0) is 0 Å². The summed E-state index contributed by atoms with van der Waals surface area (Å²) >= 11 is 0. The van der Waals surface area contributed by atoms with Crippen LogP contribution in [-0.2, 0) is 0 Å². The summed E-state index contributed by atoms with van der Waals surface area (Å²) in [6.45, 7) is 9.61. The average molecular weight is 272 g/mol. The van der Waals surface area contributed by atoms with Gasteiger partial charge in [0, 0.05) is 12.8 Å². The third kappa shape index (κ3) is 1.03. The van der Waals surface area contributed by atoms with Gasteiger partial charge in [-0.25, -0.2) is 0 Å². The molecule has 4 rings (SSSR count). The van der Waals surface area contributed by atoms with Gasteiger partial charge in [0.15, 0.2) is 0 Å². The van der Waals surface area contributed by atoms with Gasteiger partial charge in [0.05, 0.1) is 30.9 Å². The second-order valence-corrected chi connectivity index (χ2v) is 8.18. The first-order chi connectivity index (χ1) is 9.95. The molecule has 0 aromatic rings. The van der Waals surface area contributed by atoms with Gasteiger partial charge in [-0.1, -0.05) is 0 Å². The molecular formula is C15H32N4+4. The van der Waals surface area contributed by atoms with E-state index in [4.69, 9.17) is 2.74 Å². The zero-order valence-corrected chi connectivity index (χ0v) is 12.8. The van der Waals surface area contributed by atoms with Crippen LogP contribution in [0.2, 0.25) is 0 Å². The lowest BCUT2D eigenvalue weighted by atomic mass is 10.1. The first-order valence-electron chi connectivity index (χ1n) is 9.37. The van der Waals surface area contributed by atoms with Crippen LogP contribution < -0.4 is 0 Å². The molecule has 5 atom stereocenters. The summed E-state index contributed by atoms with van der Waals surface area (Å²) in [6.07, 6.45) is 2.52. The molecule has 108 valence electrons. The summed E-state index contributed by atoms with van der Waals surface area (Å²) in [5.41, 5.74) is 0. The second-order valence-electron chi connectivity index (χ2n) is 8.18. The number of hydrogen-bond donors (Lipinski definition) is 0. The van der Waals surface area contributed by atoms with Crippen LogP contribution in [0.4, 0.5) is 0 Å². The van der Waals surface area contributed by atoms with Crippen molar-refractivity contribution in [1.29, 1.82) is 0 Å². The third-order valence-corrected chi connectivity index (χ3v) is 7.24. The van der Waals surface area contributed by atoms with Crippen molar-refractivity contribution in [2.75, 3.05) is 80.5 Å². The minimum Gasteiger partial charge on any atom is -0.165 e. The van der Waals surface area contributed by atoms with Crippen molar-refractivity contribution in [2.45, 2.75) is 18.8 Å². The molecule has 4 aliphatic heterocycles. The normalized spacial score (nSPS) is 65.2. The quantitative estimate of drug-likeness (QED) is 0.554. The zero-order valence-electron chi connectivity index (χ0n) is 14.8. The molecule has 0 amide bonds. The monoisotopic (exact) mass is 272 g/mol. The molecule has 0 N–H and O–H groups in total. The minimum absolute atomic E-state index is 0.0556. The van der Waals surface area contributed by atoms with Gasteiger partial charge < -0.3 is 0 Å². The number of rotatable bonds is 0. The highest BCUT2D eigenvalue weighted by molar-refractivity contribution is 4.74. The Balaban J connectivity index is 2.03. The molecule has 0 bridgehead atoms. The van der Waals surface area contributed by atoms with Gasteiger partial charge in [0.1, 0.15) is 52.4 Å². The molecule has 4 heteroatoms. The van der Waals surface area contributed by atoms with E-state index in [1.54, 1.807) is 0 Å². The van der Waals surface area contributed by atoms with Crippen molar-refractivity contribution in [1.82, 2.24) is 0 Å². The van der Waals surface area contributed by atoms with Crippen molar-refractivity contribution in [3.05, 3.63) is 0 Å². The van der Waals surface area contributed by atoms with Crippen LogP contribution in [0.3, 0.4) is 0 Å². The number of nitrogens with zero attached hydrogens (tertiary/aromatic N) is 4. The maximum absolute atomic E-state index is 8.46. The van der Waals surface area contributed by atoms with Crippen molar-refractivity contribution in [3.63, 3.8) is 0 Å². The number of hydrogen-bond acceptors (Lipinski definition) is 0.